The summed E-state index contributed by atoms with van der Waals surface area (Å²) in [6, 6.07) is -0.519. The molecule has 2 fully saturated rings. The molecule has 2 aliphatic heterocycles. The molecule has 0 N–H and O–H groups in total. The second-order valence-electron chi connectivity index (χ2n) is 5.51. The second-order valence-corrected chi connectivity index (χ2v) is 6.02. The molecule has 8 heteroatoms. The molecule has 0 bridgehead atoms. The van der Waals surface area contributed by atoms with E-state index in [2.05, 4.69) is 6.92 Å². The maximum absolute atomic E-state index is 5.81. The molecule has 0 aromatic carbocycles. The quantitative estimate of drug-likeness (QED) is 0.265. The number of halogens is 1. The largest absolute Gasteiger partial charge is 0.382 e. The third-order valence-electron chi connectivity index (χ3n) is 3.79. The molecule has 5 nitrogen and oxygen atoms in total. The zero-order chi connectivity index (χ0) is 15.2. The maximum atomic E-state index is 5.81. The van der Waals surface area contributed by atoms with Gasteiger partial charge in [0.1, 0.15) is 57.7 Å². The molecule has 0 amide bonds. The van der Waals surface area contributed by atoms with Crippen molar-refractivity contribution in [2.45, 2.75) is 69.0 Å². The number of hydrogen-bond acceptors (Lipinski definition) is 5. The highest BCUT2D eigenvalue weighted by Gasteiger charge is 2.34. The minimum atomic E-state index is -0.283. The summed E-state index contributed by atoms with van der Waals surface area (Å²) in [4.78, 5) is 0. The summed E-state index contributed by atoms with van der Waals surface area (Å²) in [5.74, 6) is 0. The number of ether oxygens (including phenoxy) is 4. The van der Waals surface area contributed by atoms with Gasteiger partial charge in [-0.05, 0) is 19.3 Å². The van der Waals surface area contributed by atoms with Crippen molar-refractivity contribution in [2.24, 2.45) is 0 Å². The lowest BCUT2D eigenvalue weighted by atomic mass is 9.95. The summed E-state index contributed by atoms with van der Waals surface area (Å²) in [6.07, 6.45) is 3.27. The highest BCUT2D eigenvalue weighted by Crippen LogP contribution is 2.26. The fourth-order valence-corrected chi connectivity index (χ4v) is 3.29. The highest BCUT2D eigenvalue weighted by atomic mass is 127. The number of hydrogen-bond donors (Lipinski definition) is 0. The van der Waals surface area contributed by atoms with E-state index in [1.54, 1.807) is 0 Å². The van der Waals surface area contributed by atoms with E-state index in [1.165, 1.54) is 0 Å². The first-order chi connectivity index (χ1) is 10.1. The van der Waals surface area contributed by atoms with Crippen molar-refractivity contribution < 1.29 is 22.0 Å². The van der Waals surface area contributed by atoms with Gasteiger partial charge in [0.15, 0.2) is 0 Å². The van der Waals surface area contributed by atoms with Crippen LogP contribution in [0.5, 0.6) is 0 Å². The maximum Gasteiger partial charge on any atom is 0.147 e. The smallest absolute Gasteiger partial charge is 0.147 e. The lowest BCUT2D eigenvalue weighted by Gasteiger charge is -2.20. The summed E-state index contributed by atoms with van der Waals surface area (Å²) < 4.78 is 27.7. The van der Waals surface area contributed by atoms with Crippen LogP contribution in [0.4, 0.5) is 0 Å². The van der Waals surface area contributed by atoms with Gasteiger partial charge in [0.2, 0.25) is 0 Å². The third kappa shape index (κ3) is 5.35. The number of rotatable bonds is 8. The Balaban J connectivity index is 1.65. The van der Waals surface area contributed by atoms with Crippen LogP contribution in [-0.2, 0) is 22.0 Å². The van der Waals surface area contributed by atoms with Crippen LogP contribution in [-0.4, -0.2) is 65.5 Å². The van der Waals surface area contributed by atoms with Crippen LogP contribution >= 0.6 is 23.0 Å². The van der Waals surface area contributed by atoms with Gasteiger partial charge >= 0.3 is 0 Å². The molecule has 116 valence electrons. The van der Waals surface area contributed by atoms with Gasteiger partial charge in [0.25, 0.3) is 0 Å². The zero-order valence-corrected chi connectivity index (χ0v) is 14.4. The Kier molecular flexibility index (Phi) is 7.78. The average molecular weight is 406 g/mol. The van der Waals surface area contributed by atoms with Crippen LogP contribution in [0.15, 0.2) is 0 Å². The van der Waals surface area contributed by atoms with Crippen molar-refractivity contribution in [3.63, 3.8) is 0 Å². The molecule has 0 aromatic heterocycles. The Morgan fingerprint density at radius 2 is 1.76 bits per heavy atom. The standard InChI is InChI=1S/C13H21B2IO5/c1-2-3-8-9(4-12(14)19-8)18-7-17-6-11-10(21-16)5-13(15)20-11/h8-13H,2-7H2,1H3/t8-,9?,10?,11-,12-,13-/m1/s1. The van der Waals surface area contributed by atoms with Gasteiger partial charge in [-0.3, -0.25) is 0 Å². The second kappa shape index (κ2) is 9.08. The van der Waals surface area contributed by atoms with Crippen molar-refractivity contribution in [2.75, 3.05) is 13.4 Å². The van der Waals surface area contributed by atoms with E-state index < -0.39 is 0 Å². The van der Waals surface area contributed by atoms with E-state index >= 15 is 0 Å². The van der Waals surface area contributed by atoms with E-state index in [0.717, 1.165) is 12.8 Å². The molecule has 6 atom stereocenters. The molecule has 2 rings (SSSR count). The monoisotopic (exact) mass is 406 g/mol. The first kappa shape index (κ1) is 18.0. The van der Waals surface area contributed by atoms with Crippen molar-refractivity contribution in [3.8, 4) is 0 Å². The van der Waals surface area contributed by atoms with E-state index in [1.807, 2.05) is 23.0 Å². The Labute approximate surface area is 143 Å². The van der Waals surface area contributed by atoms with Crippen LogP contribution in [0.1, 0.15) is 32.6 Å². The zero-order valence-electron chi connectivity index (χ0n) is 12.3. The summed E-state index contributed by atoms with van der Waals surface area (Å²) in [5, 5.41) is 0. The molecular weight excluding hydrogens is 385 g/mol. The van der Waals surface area contributed by atoms with Crippen LogP contribution in [0.25, 0.3) is 0 Å². The van der Waals surface area contributed by atoms with Gasteiger partial charge in [0.05, 0.1) is 18.8 Å². The topological polar surface area (TPSA) is 46.2 Å². The van der Waals surface area contributed by atoms with Gasteiger partial charge in [-0.1, -0.05) is 13.3 Å². The molecular formula is C13H21B2IO5. The molecule has 2 heterocycles. The Bertz CT molecular complexity index is 312. The average Bonchev–Trinajstić information content (AvgIpc) is 2.98. The molecule has 2 aliphatic rings. The Hall–Kier alpha value is 0.660. The fraction of sp³-hybridized carbons (Fsp3) is 1.00. The highest BCUT2D eigenvalue weighted by molar-refractivity contribution is 14.1. The van der Waals surface area contributed by atoms with Crippen LogP contribution in [0.3, 0.4) is 0 Å². The van der Waals surface area contributed by atoms with Gasteiger partial charge in [-0.15, -0.1) is 0 Å². The summed E-state index contributed by atoms with van der Waals surface area (Å²) in [7, 11) is 11.5. The minimum absolute atomic E-state index is 0.00308. The third-order valence-corrected chi connectivity index (χ3v) is 4.45. The van der Waals surface area contributed by atoms with E-state index in [4.69, 9.17) is 37.7 Å². The van der Waals surface area contributed by atoms with Gasteiger partial charge in [-0.25, -0.2) is 0 Å². The van der Waals surface area contributed by atoms with Crippen molar-refractivity contribution in [1.82, 2.24) is 0 Å². The molecule has 2 saturated heterocycles. The van der Waals surface area contributed by atoms with Gasteiger partial charge in [-0.2, -0.15) is 0 Å². The molecule has 0 aliphatic carbocycles. The van der Waals surface area contributed by atoms with E-state index in [-0.39, 0.29) is 43.2 Å². The van der Waals surface area contributed by atoms with Crippen molar-refractivity contribution >= 4 is 38.7 Å². The molecule has 21 heavy (non-hydrogen) atoms. The Morgan fingerprint density at radius 3 is 2.43 bits per heavy atom. The van der Waals surface area contributed by atoms with E-state index in [9.17, 15) is 0 Å². The predicted octanol–water partition coefficient (Wildman–Crippen LogP) is 1.45. The Morgan fingerprint density at radius 1 is 1.10 bits per heavy atom. The summed E-state index contributed by atoms with van der Waals surface area (Å²) in [5.41, 5.74) is 0. The summed E-state index contributed by atoms with van der Waals surface area (Å²) in [6.45, 7) is 2.72. The normalized spacial score (nSPS) is 39.9. The van der Waals surface area contributed by atoms with Crippen molar-refractivity contribution in [1.29, 1.82) is 0 Å². The molecule has 4 radical (unpaired) electrons. The van der Waals surface area contributed by atoms with Crippen molar-refractivity contribution in [3.05, 3.63) is 0 Å². The molecule has 0 saturated carbocycles. The predicted molar refractivity (Wildman–Crippen MR) is 87.6 cm³/mol. The lowest BCUT2D eigenvalue weighted by molar-refractivity contribution is -0.129. The lowest BCUT2D eigenvalue weighted by Crippen LogP contribution is -2.29. The van der Waals surface area contributed by atoms with E-state index in [0.29, 0.717) is 19.4 Å². The first-order valence-corrected chi connectivity index (χ1v) is 8.31. The molecule has 0 spiro atoms. The fourth-order valence-electron chi connectivity index (χ4n) is 2.75. The molecule has 2 unspecified atom stereocenters. The first-order valence-electron chi connectivity index (χ1n) is 7.42. The van der Waals surface area contributed by atoms with Crippen LogP contribution in [0.2, 0.25) is 0 Å². The van der Waals surface area contributed by atoms with Gasteiger partial charge in [0, 0.05) is 12.0 Å². The summed E-state index contributed by atoms with van der Waals surface area (Å²) >= 11 is 1.87. The minimum Gasteiger partial charge on any atom is -0.382 e. The van der Waals surface area contributed by atoms with Crippen LogP contribution in [0, 0.1) is 0 Å². The van der Waals surface area contributed by atoms with Crippen LogP contribution < -0.4 is 0 Å². The molecule has 0 aromatic rings. The SMILES string of the molecule is [B][C@H]1CC(OI)[C@@H](COCOC2C[C@H]([B])O[C@@H]2CCC)O1. The van der Waals surface area contributed by atoms with Gasteiger partial charge < -0.3 is 22.0 Å².